The Kier molecular flexibility index (Phi) is 6.69. The van der Waals surface area contributed by atoms with Crippen molar-refractivity contribution in [2.24, 2.45) is 0 Å². The highest BCUT2D eigenvalue weighted by molar-refractivity contribution is 5.74. The van der Waals surface area contributed by atoms with Crippen molar-refractivity contribution >= 4 is 6.03 Å². The van der Waals surface area contributed by atoms with Gasteiger partial charge in [0.1, 0.15) is 0 Å². The summed E-state index contributed by atoms with van der Waals surface area (Å²) in [4.78, 5) is 13.8. The molecule has 1 rings (SSSR count). The van der Waals surface area contributed by atoms with E-state index in [2.05, 4.69) is 24.4 Å². The van der Waals surface area contributed by atoms with Crippen molar-refractivity contribution in [1.29, 1.82) is 0 Å². The van der Waals surface area contributed by atoms with Gasteiger partial charge in [0.15, 0.2) is 0 Å². The van der Waals surface area contributed by atoms with Gasteiger partial charge in [-0.1, -0.05) is 37.3 Å². The number of hydrogen-bond donors (Lipinski definition) is 2. The fourth-order valence-electron chi connectivity index (χ4n) is 2.34. The van der Waals surface area contributed by atoms with Crippen molar-refractivity contribution in [3.63, 3.8) is 0 Å². The lowest BCUT2D eigenvalue weighted by atomic mass is 9.97. The minimum absolute atomic E-state index is 0.117. The highest BCUT2D eigenvalue weighted by atomic mass is 16.3. The molecule has 0 saturated carbocycles. The van der Waals surface area contributed by atoms with E-state index < -0.39 is 5.60 Å². The summed E-state index contributed by atoms with van der Waals surface area (Å²) in [5.41, 5.74) is 0.363. The number of urea groups is 1. The van der Waals surface area contributed by atoms with Gasteiger partial charge in [0.05, 0.1) is 12.1 Å². The molecule has 0 fully saturated rings. The van der Waals surface area contributed by atoms with Gasteiger partial charge in [-0.25, -0.2) is 4.79 Å². The number of aliphatic hydroxyl groups is 1. The Morgan fingerprint density at radius 3 is 2.38 bits per heavy atom. The zero-order chi connectivity index (χ0) is 15.9. The fraction of sp³-hybridized carbons (Fsp3) is 0.588. The molecule has 1 aromatic carbocycles. The third-order valence-corrected chi connectivity index (χ3v) is 3.51. The molecular weight excluding hydrogens is 264 g/mol. The molecule has 0 radical (unpaired) electrons. The first-order valence-corrected chi connectivity index (χ1v) is 7.67. The molecule has 0 saturated heterocycles. The molecule has 118 valence electrons. The predicted octanol–water partition coefficient (Wildman–Crippen LogP) is 2.98. The van der Waals surface area contributed by atoms with Crippen LogP contribution < -0.4 is 5.32 Å². The molecule has 4 heteroatoms. The topological polar surface area (TPSA) is 52.6 Å². The van der Waals surface area contributed by atoms with E-state index in [1.807, 2.05) is 25.1 Å². The SMILES string of the molecule is CCC(CNC(=O)N(CC)CC(C)(C)O)c1ccccc1. The Morgan fingerprint density at radius 2 is 1.90 bits per heavy atom. The molecule has 4 nitrogen and oxygen atoms in total. The van der Waals surface area contributed by atoms with Gasteiger partial charge in [-0.15, -0.1) is 0 Å². The minimum Gasteiger partial charge on any atom is -0.389 e. The average molecular weight is 292 g/mol. The van der Waals surface area contributed by atoms with Gasteiger partial charge < -0.3 is 15.3 Å². The molecule has 0 aliphatic rings. The molecule has 1 unspecified atom stereocenters. The quantitative estimate of drug-likeness (QED) is 0.811. The number of likely N-dealkylation sites (N-methyl/N-ethyl adjacent to an activating group) is 1. The molecular formula is C17H28N2O2. The van der Waals surface area contributed by atoms with Crippen LogP contribution >= 0.6 is 0 Å². The molecule has 0 heterocycles. The van der Waals surface area contributed by atoms with Crippen LogP contribution in [0.2, 0.25) is 0 Å². The second kappa shape index (κ2) is 8.03. The van der Waals surface area contributed by atoms with Crippen molar-refractivity contribution in [2.75, 3.05) is 19.6 Å². The van der Waals surface area contributed by atoms with Gasteiger partial charge >= 0.3 is 6.03 Å². The van der Waals surface area contributed by atoms with Crippen LogP contribution in [0.25, 0.3) is 0 Å². The van der Waals surface area contributed by atoms with Crippen LogP contribution in [-0.4, -0.2) is 41.3 Å². The molecule has 0 aliphatic carbocycles. The molecule has 1 atom stereocenters. The number of benzene rings is 1. The Hall–Kier alpha value is -1.55. The van der Waals surface area contributed by atoms with E-state index in [0.717, 1.165) is 6.42 Å². The fourth-order valence-corrected chi connectivity index (χ4v) is 2.34. The van der Waals surface area contributed by atoms with E-state index in [4.69, 9.17) is 0 Å². The summed E-state index contributed by atoms with van der Waals surface area (Å²) >= 11 is 0. The predicted molar refractivity (Wildman–Crippen MR) is 86.4 cm³/mol. The van der Waals surface area contributed by atoms with Gasteiger partial charge in [0.25, 0.3) is 0 Å². The maximum atomic E-state index is 12.2. The lowest BCUT2D eigenvalue weighted by molar-refractivity contribution is 0.0480. The van der Waals surface area contributed by atoms with Crippen LogP contribution in [0.15, 0.2) is 30.3 Å². The summed E-state index contributed by atoms with van der Waals surface area (Å²) in [6.45, 7) is 8.98. The van der Waals surface area contributed by atoms with E-state index in [1.54, 1.807) is 18.7 Å². The summed E-state index contributed by atoms with van der Waals surface area (Å²) in [7, 11) is 0. The van der Waals surface area contributed by atoms with Crippen molar-refractivity contribution in [1.82, 2.24) is 10.2 Å². The first-order valence-electron chi connectivity index (χ1n) is 7.67. The number of nitrogens with zero attached hydrogens (tertiary/aromatic N) is 1. The molecule has 0 aliphatic heterocycles. The van der Waals surface area contributed by atoms with E-state index >= 15 is 0 Å². The van der Waals surface area contributed by atoms with Crippen molar-refractivity contribution in [3.8, 4) is 0 Å². The molecule has 1 aromatic rings. The maximum absolute atomic E-state index is 12.2. The first kappa shape index (κ1) is 17.5. The monoisotopic (exact) mass is 292 g/mol. The second-order valence-corrected chi connectivity index (χ2v) is 6.03. The van der Waals surface area contributed by atoms with Crippen molar-refractivity contribution in [2.45, 2.75) is 45.6 Å². The Morgan fingerprint density at radius 1 is 1.29 bits per heavy atom. The second-order valence-electron chi connectivity index (χ2n) is 6.03. The standard InChI is InChI=1S/C17H28N2O2/c1-5-14(15-10-8-7-9-11-15)12-18-16(20)19(6-2)13-17(3,4)21/h7-11,14,21H,5-6,12-13H2,1-4H3,(H,18,20). The third-order valence-electron chi connectivity index (χ3n) is 3.51. The zero-order valence-electron chi connectivity index (χ0n) is 13.6. The lowest BCUT2D eigenvalue weighted by Gasteiger charge is -2.29. The largest absolute Gasteiger partial charge is 0.389 e. The molecule has 2 amide bonds. The number of amides is 2. The Balaban J connectivity index is 2.57. The van der Waals surface area contributed by atoms with Gasteiger partial charge in [-0.05, 0) is 32.8 Å². The molecule has 21 heavy (non-hydrogen) atoms. The van der Waals surface area contributed by atoms with Crippen LogP contribution in [0.4, 0.5) is 4.79 Å². The van der Waals surface area contributed by atoms with Gasteiger partial charge in [-0.3, -0.25) is 0 Å². The maximum Gasteiger partial charge on any atom is 0.317 e. The average Bonchev–Trinajstić information content (AvgIpc) is 2.45. The number of rotatable bonds is 7. The molecule has 0 bridgehead atoms. The van der Waals surface area contributed by atoms with E-state index in [9.17, 15) is 9.90 Å². The highest BCUT2D eigenvalue weighted by Gasteiger charge is 2.21. The first-order chi connectivity index (χ1) is 9.87. The number of carbonyl (C=O) groups is 1. The van der Waals surface area contributed by atoms with Crippen LogP contribution in [0.1, 0.15) is 45.6 Å². The van der Waals surface area contributed by atoms with Crippen LogP contribution in [0, 0.1) is 0 Å². The number of nitrogens with one attached hydrogen (secondary N) is 1. The third kappa shape index (κ3) is 6.17. The van der Waals surface area contributed by atoms with Crippen LogP contribution in [0.5, 0.6) is 0 Å². The lowest BCUT2D eigenvalue weighted by Crippen LogP contribution is -2.47. The van der Waals surface area contributed by atoms with E-state index in [-0.39, 0.29) is 6.03 Å². The summed E-state index contributed by atoms with van der Waals surface area (Å²) in [5, 5.41) is 12.8. The zero-order valence-corrected chi connectivity index (χ0v) is 13.6. The van der Waals surface area contributed by atoms with Gasteiger partial charge in [0, 0.05) is 19.0 Å². The molecule has 0 aromatic heterocycles. The Bertz CT molecular complexity index is 426. The van der Waals surface area contributed by atoms with Gasteiger partial charge in [-0.2, -0.15) is 0 Å². The number of carbonyl (C=O) groups excluding carboxylic acids is 1. The summed E-state index contributed by atoms with van der Waals surface area (Å²) in [6.07, 6.45) is 0.974. The normalized spacial score (nSPS) is 12.8. The smallest absolute Gasteiger partial charge is 0.317 e. The summed E-state index contributed by atoms with van der Waals surface area (Å²) in [6, 6.07) is 10.1. The van der Waals surface area contributed by atoms with Crippen LogP contribution in [-0.2, 0) is 0 Å². The number of hydrogen-bond acceptors (Lipinski definition) is 2. The molecule has 2 N–H and O–H groups in total. The minimum atomic E-state index is -0.878. The Labute approximate surface area is 128 Å². The van der Waals surface area contributed by atoms with Gasteiger partial charge in [0.2, 0.25) is 0 Å². The van der Waals surface area contributed by atoms with E-state index in [0.29, 0.717) is 25.6 Å². The highest BCUT2D eigenvalue weighted by Crippen LogP contribution is 2.18. The molecule has 0 spiro atoms. The van der Waals surface area contributed by atoms with Crippen LogP contribution in [0.3, 0.4) is 0 Å². The summed E-state index contributed by atoms with van der Waals surface area (Å²) in [5.74, 6) is 0.316. The van der Waals surface area contributed by atoms with Crippen molar-refractivity contribution in [3.05, 3.63) is 35.9 Å². The van der Waals surface area contributed by atoms with Crippen molar-refractivity contribution < 1.29 is 9.90 Å². The van der Waals surface area contributed by atoms with E-state index in [1.165, 1.54) is 5.56 Å². The summed E-state index contributed by atoms with van der Waals surface area (Å²) < 4.78 is 0.